The van der Waals surface area contributed by atoms with E-state index in [9.17, 15) is 0 Å². The summed E-state index contributed by atoms with van der Waals surface area (Å²) >= 11 is 0. The van der Waals surface area contributed by atoms with E-state index in [1.807, 2.05) is 0 Å². The summed E-state index contributed by atoms with van der Waals surface area (Å²) < 4.78 is 0. The summed E-state index contributed by atoms with van der Waals surface area (Å²) in [4.78, 5) is 0. The maximum Gasteiger partial charge on any atom is 5.00 e. The Morgan fingerprint density at radius 3 is 1.00 bits per heavy atom. The van der Waals surface area contributed by atoms with Crippen LogP contribution in [0.15, 0.2) is 0 Å². The number of hydrogen-bond donors (Lipinski definition) is 0. The van der Waals surface area contributed by atoms with Crippen molar-refractivity contribution < 1.29 is 27.9 Å². The Morgan fingerprint density at radius 1 is 1.00 bits per heavy atom. The van der Waals surface area contributed by atoms with Gasteiger partial charge in [0.2, 0.25) is 0 Å². The Bertz CT molecular complexity index is 8.00. The van der Waals surface area contributed by atoms with Gasteiger partial charge in [-0.1, -0.05) is 0 Å². The Morgan fingerprint density at radius 2 is 1.00 bits per heavy atom. The minimum absolute atomic E-state index is 0. The molecule has 4 heavy (non-hydrogen) atoms. The van der Waals surface area contributed by atoms with Gasteiger partial charge in [0, 0.05) is 0 Å². The fourth-order valence-corrected chi connectivity index (χ4v) is 0. The van der Waals surface area contributed by atoms with Gasteiger partial charge in [-0.3, -0.25) is 0 Å². The van der Waals surface area contributed by atoms with Crippen molar-refractivity contribution in [2.45, 2.75) is 0 Å². The van der Waals surface area contributed by atoms with Gasteiger partial charge in [-0.15, -0.1) is 0 Å². The molecular weight excluding hydrogens is 422 g/mol. The molecule has 0 bridgehead atoms. The molecule has 0 spiro atoms. The molecule has 0 rings (SSSR count). The van der Waals surface area contributed by atoms with Gasteiger partial charge in [-0.2, -0.15) is 0 Å². The van der Waals surface area contributed by atoms with E-state index in [0.29, 0.717) is 0 Å². The van der Waals surface area contributed by atoms with Gasteiger partial charge in [0.05, 0.1) is 0 Å². The Balaban J connectivity index is 0. The third kappa shape index (κ3) is 9.23. The first-order valence-electron chi connectivity index (χ1n) is 0. The molecule has 1 nitrogen and oxygen atoms in total. The normalized spacial score (nSPS) is 0. The molecule has 0 saturated carbocycles. The zero-order chi connectivity index (χ0) is 0. The maximum atomic E-state index is 0. The Kier molecular flexibility index (Phi) is 99.6. The van der Waals surface area contributed by atoms with Gasteiger partial charge in [-0.25, -0.2) is 0 Å². The van der Waals surface area contributed by atoms with Crippen LogP contribution < -0.4 is 0 Å². The third-order valence-electron chi connectivity index (χ3n) is 0. The summed E-state index contributed by atoms with van der Waals surface area (Å²) in [5.41, 5.74) is 0. The van der Waals surface area contributed by atoms with Gasteiger partial charge in [-0.05, 0) is 0 Å². The molecule has 0 aromatic carbocycles. The molecular formula is BaOSrTa+7. The fraction of sp³-hybridized carbons (Fsp3) is 0. The molecule has 8 valence electrons. The molecule has 0 amide bonds. The van der Waals surface area contributed by atoms with Crippen LogP contribution in [0.4, 0.5) is 0 Å². The molecule has 0 aliphatic carbocycles. The molecule has 0 radical (unpaired) electrons. The average Bonchev–Trinajstić information content (AvgIpc) is 0. The molecule has 0 aromatic heterocycles. The van der Waals surface area contributed by atoms with E-state index in [1.165, 1.54) is 0 Å². The molecule has 0 heterocycles. The molecule has 0 saturated heterocycles. The molecule has 0 N–H and O–H groups in total. The van der Waals surface area contributed by atoms with Crippen LogP contribution in [-0.4, -0.2) is 94.4 Å². The van der Waals surface area contributed by atoms with Gasteiger partial charge < -0.3 is 5.48 Å². The van der Waals surface area contributed by atoms with Crippen LogP contribution in [0.3, 0.4) is 0 Å². The molecule has 0 aliphatic rings. The summed E-state index contributed by atoms with van der Waals surface area (Å²) in [6.45, 7) is 0. The summed E-state index contributed by atoms with van der Waals surface area (Å²) in [5, 5.41) is 0. The average molecular weight is 422 g/mol. The van der Waals surface area contributed by atoms with Crippen LogP contribution in [0, 0.1) is 0 Å². The van der Waals surface area contributed by atoms with Crippen molar-refractivity contribution in [3.8, 4) is 0 Å². The molecule has 0 fully saturated rings. The first-order valence-corrected chi connectivity index (χ1v) is 0. The SMILES string of the molecule is [Ba+2].[O-2].[Sr+2].[Ta+5]. The minimum atomic E-state index is 0. The second-order valence-electron chi connectivity index (χ2n) is 0. The second-order valence-corrected chi connectivity index (χ2v) is 0. The predicted molar refractivity (Wildman–Crippen MR) is 12.2 cm³/mol. The van der Waals surface area contributed by atoms with E-state index in [0.717, 1.165) is 0 Å². The fourth-order valence-electron chi connectivity index (χ4n) is 0. The number of rotatable bonds is 0. The van der Waals surface area contributed by atoms with Crippen molar-refractivity contribution >= 4 is 94.4 Å². The third-order valence-corrected chi connectivity index (χ3v) is 0. The van der Waals surface area contributed by atoms with Crippen molar-refractivity contribution in [1.29, 1.82) is 0 Å². The zero-order valence-electron chi connectivity index (χ0n) is 2.27. The van der Waals surface area contributed by atoms with E-state index in [1.54, 1.807) is 0 Å². The van der Waals surface area contributed by atoms with Crippen molar-refractivity contribution in [2.24, 2.45) is 0 Å². The van der Waals surface area contributed by atoms with Crippen LogP contribution in [0.25, 0.3) is 0 Å². The summed E-state index contributed by atoms with van der Waals surface area (Å²) in [7, 11) is 0. The van der Waals surface area contributed by atoms with E-state index in [-0.39, 0.29) is 122 Å². The largest absolute Gasteiger partial charge is 5.00 e. The van der Waals surface area contributed by atoms with E-state index in [2.05, 4.69) is 0 Å². The second kappa shape index (κ2) is 15.9. The first-order chi connectivity index (χ1) is 0. The quantitative estimate of drug-likeness (QED) is 0.454. The molecule has 4 heteroatoms. The van der Waals surface area contributed by atoms with Crippen molar-refractivity contribution in [3.63, 3.8) is 0 Å². The number of hydrogen-bond acceptors (Lipinski definition) is 0. The molecule has 0 atom stereocenters. The van der Waals surface area contributed by atoms with Crippen molar-refractivity contribution in [1.82, 2.24) is 0 Å². The summed E-state index contributed by atoms with van der Waals surface area (Å²) in [5.74, 6) is 0. The minimum Gasteiger partial charge on any atom is -2.00 e. The van der Waals surface area contributed by atoms with Crippen LogP contribution in [-0.2, 0) is 27.9 Å². The van der Waals surface area contributed by atoms with Crippen molar-refractivity contribution in [3.05, 3.63) is 0 Å². The zero-order valence-corrected chi connectivity index (χ0v) is 13.4. The summed E-state index contributed by atoms with van der Waals surface area (Å²) in [6.07, 6.45) is 0. The smallest absolute Gasteiger partial charge is 2.00 e. The van der Waals surface area contributed by atoms with Crippen molar-refractivity contribution in [2.75, 3.05) is 0 Å². The Hall–Kier alpha value is 3.75. The van der Waals surface area contributed by atoms with E-state index in [4.69, 9.17) is 0 Å². The molecule has 0 aromatic rings. The first kappa shape index (κ1) is 25.1. The maximum absolute atomic E-state index is 0. The van der Waals surface area contributed by atoms with Crippen LogP contribution in [0.2, 0.25) is 0 Å². The van der Waals surface area contributed by atoms with Gasteiger partial charge in [0.25, 0.3) is 0 Å². The molecule has 0 aliphatic heterocycles. The predicted octanol–water partition coefficient (Wildman–Crippen LogP) is -0.883. The van der Waals surface area contributed by atoms with Gasteiger partial charge >= 0.3 is 117 Å². The topological polar surface area (TPSA) is 28.5 Å². The van der Waals surface area contributed by atoms with E-state index < -0.39 is 0 Å². The molecule has 0 unspecified atom stereocenters. The van der Waals surface area contributed by atoms with Crippen LogP contribution in [0.1, 0.15) is 0 Å². The summed E-state index contributed by atoms with van der Waals surface area (Å²) in [6, 6.07) is 0. The van der Waals surface area contributed by atoms with Crippen LogP contribution in [0.5, 0.6) is 0 Å². The monoisotopic (exact) mass is 423 g/mol. The van der Waals surface area contributed by atoms with Crippen LogP contribution >= 0.6 is 0 Å². The Labute approximate surface area is 118 Å². The standard InChI is InChI=1S/Ba.O.Sr.Ta/q+2;-2;+2;+5. The van der Waals surface area contributed by atoms with Gasteiger partial charge in [0.1, 0.15) is 0 Å². The van der Waals surface area contributed by atoms with Gasteiger partial charge in [0.15, 0.2) is 0 Å². The van der Waals surface area contributed by atoms with E-state index >= 15 is 0 Å².